The summed E-state index contributed by atoms with van der Waals surface area (Å²) in [6, 6.07) is 10.3. The van der Waals surface area contributed by atoms with Crippen LogP contribution in [-0.4, -0.2) is 47.6 Å². The number of aromatic nitrogens is 2. The van der Waals surface area contributed by atoms with Gasteiger partial charge in [-0.15, -0.1) is 0 Å². The second-order valence-corrected chi connectivity index (χ2v) is 6.11. The van der Waals surface area contributed by atoms with Gasteiger partial charge in [-0.1, -0.05) is 19.1 Å². The van der Waals surface area contributed by atoms with Gasteiger partial charge in [0, 0.05) is 43.6 Å². The number of nitrogens with zero attached hydrogens (tertiary/aromatic N) is 4. The SMILES string of the molecule is CCN1CCN(c2nc(C)cc(Nc3cccc(C)c3)n2)CC1. The lowest BCUT2D eigenvalue weighted by atomic mass is 10.2. The molecule has 1 saturated heterocycles. The smallest absolute Gasteiger partial charge is 0.227 e. The highest BCUT2D eigenvalue weighted by Crippen LogP contribution is 2.20. The summed E-state index contributed by atoms with van der Waals surface area (Å²) in [6.07, 6.45) is 0. The van der Waals surface area contributed by atoms with E-state index in [-0.39, 0.29) is 0 Å². The fraction of sp³-hybridized carbons (Fsp3) is 0.444. The second kappa shape index (κ2) is 6.96. The highest BCUT2D eigenvalue weighted by Gasteiger charge is 2.18. The number of nitrogens with one attached hydrogen (secondary N) is 1. The fourth-order valence-corrected chi connectivity index (χ4v) is 2.89. The first-order valence-corrected chi connectivity index (χ1v) is 8.30. The van der Waals surface area contributed by atoms with Gasteiger partial charge in [0.25, 0.3) is 0 Å². The van der Waals surface area contributed by atoms with Crippen LogP contribution in [-0.2, 0) is 0 Å². The van der Waals surface area contributed by atoms with Gasteiger partial charge in [0.05, 0.1) is 0 Å². The Kier molecular flexibility index (Phi) is 4.76. The van der Waals surface area contributed by atoms with E-state index in [1.807, 2.05) is 13.0 Å². The van der Waals surface area contributed by atoms with Gasteiger partial charge in [0.15, 0.2) is 0 Å². The van der Waals surface area contributed by atoms with E-state index in [1.165, 1.54) is 5.56 Å². The van der Waals surface area contributed by atoms with Gasteiger partial charge in [0.1, 0.15) is 5.82 Å². The van der Waals surface area contributed by atoms with E-state index in [0.29, 0.717) is 0 Å². The maximum absolute atomic E-state index is 4.72. The lowest BCUT2D eigenvalue weighted by Crippen LogP contribution is -2.46. The molecule has 0 atom stereocenters. The number of aryl methyl sites for hydroxylation is 2. The molecule has 23 heavy (non-hydrogen) atoms. The molecule has 0 radical (unpaired) electrons. The third kappa shape index (κ3) is 3.99. The minimum Gasteiger partial charge on any atom is -0.340 e. The van der Waals surface area contributed by atoms with Gasteiger partial charge in [-0.25, -0.2) is 4.98 Å². The molecule has 1 N–H and O–H groups in total. The van der Waals surface area contributed by atoms with Gasteiger partial charge in [0.2, 0.25) is 5.95 Å². The van der Waals surface area contributed by atoms with Gasteiger partial charge in [-0.2, -0.15) is 4.98 Å². The number of likely N-dealkylation sites (N-methyl/N-ethyl adjacent to an activating group) is 1. The number of piperazine rings is 1. The van der Waals surface area contributed by atoms with Crippen molar-refractivity contribution in [3.63, 3.8) is 0 Å². The molecule has 1 fully saturated rings. The Bertz CT molecular complexity index is 662. The molecular formula is C18H25N5. The molecule has 5 heteroatoms. The Morgan fingerprint density at radius 2 is 1.83 bits per heavy atom. The molecule has 1 aliphatic rings. The predicted molar refractivity (Wildman–Crippen MR) is 95.6 cm³/mol. The Labute approximate surface area is 138 Å². The van der Waals surface area contributed by atoms with Crippen LogP contribution in [0.5, 0.6) is 0 Å². The van der Waals surface area contributed by atoms with Crippen molar-refractivity contribution in [3.05, 3.63) is 41.6 Å². The molecule has 3 rings (SSSR count). The summed E-state index contributed by atoms with van der Waals surface area (Å²) in [5, 5.41) is 3.40. The van der Waals surface area contributed by atoms with E-state index in [4.69, 9.17) is 4.98 Å². The van der Waals surface area contributed by atoms with Gasteiger partial charge >= 0.3 is 0 Å². The lowest BCUT2D eigenvalue weighted by Gasteiger charge is -2.34. The van der Waals surface area contributed by atoms with Crippen LogP contribution >= 0.6 is 0 Å². The van der Waals surface area contributed by atoms with Crippen molar-refractivity contribution in [3.8, 4) is 0 Å². The normalized spacial score (nSPS) is 15.7. The van der Waals surface area contributed by atoms with Crippen molar-refractivity contribution in [1.82, 2.24) is 14.9 Å². The lowest BCUT2D eigenvalue weighted by molar-refractivity contribution is 0.270. The van der Waals surface area contributed by atoms with Crippen LogP contribution in [0.1, 0.15) is 18.2 Å². The standard InChI is InChI=1S/C18H25N5/c1-4-22-8-10-23(11-9-22)18-19-15(3)13-17(21-18)20-16-7-5-6-14(2)12-16/h5-7,12-13H,4,8-11H2,1-3H3,(H,19,20,21). The number of anilines is 3. The summed E-state index contributed by atoms with van der Waals surface area (Å²) < 4.78 is 0. The van der Waals surface area contributed by atoms with Crippen molar-refractivity contribution in [1.29, 1.82) is 0 Å². The average molecular weight is 311 g/mol. The van der Waals surface area contributed by atoms with Crippen LogP contribution in [0.15, 0.2) is 30.3 Å². The van der Waals surface area contributed by atoms with Crippen LogP contribution in [0.25, 0.3) is 0 Å². The maximum Gasteiger partial charge on any atom is 0.227 e. The van der Waals surface area contributed by atoms with Crippen LogP contribution in [0, 0.1) is 13.8 Å². The molecule has 5 nitrogen and oxygen atoms in total. The topological polar surface area (TPSA) is 44.3 Å². The molecule has 1 aromatic carbocycles. The number of rotatable bonds is 4. The van der Waals surface area contributed by atoms with Crippen molar-refractivity contribution >= 4 is 17.5 Å². The van der Waals surface area contributed by atoms with Crippen molar-refractivity contribution in [2.24, 2.45) is 0 Å². The van der Waals surface area contributed by atoms with E-state index in [2.05, 4.69) is 58.2 Å². The van der Waals surface area contributed by atoms with Gasteiger partial charge in [-0.3, -0.25) is 0 Å². The van der Waals surface area contributed by atoms with Crippen molar-refractivity contribution in [2.75, 3.05) is 42.9 Å². The predicted octanol–water partition coefficient (Wildman–Crippen LogP) is 2.98. The van der Waals surface area contributed by atoms with Crippen molar-refractivity contribution < 1.29 is 0 Å². The zero-order valence-electron chi connectivity index (χ0n) is 14.2. The zero-order valence-corrected chi connectivity index (χ0v) is 14.2. The number of hydrogen-bond donors (Lipinski definition) is 1. The van der Waals surface area contributed by atoms with Crippen LogP contribution in [0.2, 0.25) is 0 Å². The molecule has 0 saturated carbocycles. The molecule has 1 aromatic heterocycles. The highest BCUT2D eigenvalue weighted by molar-refractivity contribution is 5.58. The molecule has 0 unspecified atom stereocenters. The quantitative estimate of drug-likeness (QED) is 0.940. The van der Waals surface area contributed by atoms with Crippen LogP contribution in [0.3, 0.4) is 0 Å². The molecular weight excluding hydrogens is 286 g/mol. The van der Waals surface area contributed by atoms with Crippen LogP contribution in [0.4, 0.5) is 17.5 Å². The van der Waals surface area contributed by atoms with Crippen molar-refractivity contribution in [2.45, 2.75) is 20.8 Å². The Morgan fingerprint density at radius 1 is 1.04 bits per heavy atom. The first-order valence-electron chi connectivity index (χ1n) is 8.30. The molecule has 0 spiro atoms. The first kappa shape index (κ1) is 15.7. The average Bonchev–Trinajstić information content (AvgIpc) is 2.54. The van der Waals surface area contributed by atoms with Gasteiger partial charge < -0.3 is 15.1 Å². The summed E-state index contributed by atoms with van der Waals surface area (Å²) in [5.41, 5.74) is 3.28. The monoisotopic (exact) mass is 311 g/mol. The summed E-state index contributed by atoms with van der Waals surface area (Å²) in [4.78, 5) is 14.1. The minimum atomic E-state index is 0.830. The molecule has 2 aromatic rings. The van der Waals surface area contributed by atoms with Gasteiger partial charge in [-0.05, 0) is 38.1 Å². The third-order valence-corrected chi connectivity index (χ3v) is 4.24. The van der Waals surface area contributed by atoms with E-state index in [9.17, 15) is 0 Å². The van der Waals surface area contributed by atoms with E-state index in [1.54, 1.807) is 0 Å². The van der Waals surface area contributed by atoms with E-state index >= 15 is 0 Å². The Hall–Kier alpha value is -2.14. The maximum atomic E-state index is 4.72. The largest absolute Gasteiger partial charge is 0.340 e. The second-order valence-electron chi connectivity index (χ2n) is 6.11. The summed E-state index contributed by atoms with van der Waals surface area (Å²) in [5.74, 6) is 1.69. The fourth-order valence-electron chi connectivity index (χ4n) is 2.89. The van der Waals surface area contributed by atoms with E-state index in [0.717, 1.165) is 55.9 Å². The first-order chi connectivity index (χ1) is 11.1. The Morgan fingerprint density at radius 3 is 2.52 bits per heavy atom. The van der Waals surface area contributed by atoms with Crippen LogP contribution < -0.4 is 10.2 Å². The Balaban J connectivity index is 1.77. The summed E-state index contributed by atoms with van der Waals surface area (Å²) in [6.45, 7) is 11.6. The molecule has 0 aliphatic carbocycles. The molecule has 1 aliphatic heterocycles. The number of benzene rings is 1. The summed E-state index contributed by atoms with van der Waals surface area (Å²) >= 11 is 0. The molecule has 2 heterocycles. The number of hydrogen-bond acceptors (Lipinski definition) is 5. The molecule has 0 amide bonds. The highest BCUT2D eigenvalue weighted by atomic mass is 15.3. The molecule has 0 bridgehead atoms. The van der Waals surface area contributed by atoms with E-state index < -0.39 is 0 Å². The zero-order chi connectivity index (χ0) is 16.2. The minimum absolute atomic E-state index is 0.830. The summed E-state index contributed by atoms with van der Waals surface area (Å²) in [7, 11) is 0. The molecule has 122 valence electrons. The third-order valence-electron chi connectivity index (χ3n) is 4.24.